The average molecular weight is 339 g/mol. The first-order valence-electron chi connectivity index (χ1n) is 7.64. The molecule has 128 valence electrons. The summed E-state index contributed by atoms with van der Waals surface area (Å²) in [6.07, 6.45) is 1.82. The number of hydrogen-bond acceptors (Lipinski definition) is 6. The number of non-ortho nitro benzene ring substituents is 1. The van der Waals surface area contributed by atoms with Crippen LogP contribution in [0.15, 0.2) is 52.8 Å². The second-order valence-electron chi connectivity index (χ2n) is 6.59. The van der Waals surface area contributed by atoms with Gasteiger partial charge in [0.25, 0.3) is 5.69 Å². The van der Waals surface area contributed by atoms with Crippen LogP contribution in [0.25, 0.3) is 5.65 Å². The van der Waals surface area contributed by atoms with Gasteiger partial charge >= 0.3 is 0 Å². The third kappa shape index (κ3) is 3.18. The Morgan fingerprint density at radius 1 is 1.20 bits per heavy atom. The summed E-state index contributed by atoms with van der Waals surface area (Å²) < 4.78 is 1.79. The fourth-order valence-electron chi connectivity index (χ4n) is 2.39. The van der Waals surface area contributed by atoms with Gasteiger partial charge in [0.1, 0.15) is 17.1 Å². The number of aromatic hydroxyl groups is 1. The average Bonchev–Trinajstić information content (AvgIpc) is 2.93. The van der Waals surface area contributed by atoms with E-state index in [4.69, 9.17) is 0 Å². The summed E-state index contributed by atoms with van der Waals surface area (Å²) in [6, 6.07) is 9.21. The number of nitro benzene ring substituents is 1. The molecule has 0 saturated heterocycles. The molecule has 0 fully saturated rings. The van der Waals surface area contributed by atoms with E-state index < -0.39 is 4.92 Å². The van der Waals surface area contributed by atoms with Crippen LogP contribution in [0.1, 0.15) is 26.5 Å². The summed E-state index contributed by atoms with van der Waals surface area (Å²) in [4.78, 5) is 14.9. The molecule has 3 rings (SSSR count). The van der Waals surface area contributed by atoms with E-state index in [0.29, 0.717) is 5.82 Å². The lowest BCUT2D eigenvalue weighted by molar-refractivity contribution is -0.384. The standard InChI is InChI=1S/C17H17N5O3/c1-17(2,3)15-16(21-9-5-4-6-14(21)18-15)20-19-12-10-11(22(24)25)7-8-13(12)23/h4-10,23H,1-3H3. The molecule has 8 nitrogen and oxygen atoms in total. The number of rotatable bonds is 3. The molecular weight excluding hydrogens is 322 g/mol. The molecule has 0 aliphatic heterocycles. The minimum atomic E-state index is -0.548. The summed E-state index contributed by atoms with van der Waals surface area (Å²) in [5.41, 5.74) is 1.06. The van der Waals surface area contributed by atoms with Crippen molar-refractivity contribution < 1.29 is 10.0 Å². The van der Waals surface area contributed by atoms with E-state index in [2.05, 4.69) is 15.2 Å². The first kappa shape index (κ1) is 16.6. The maximum atomic E-state index is 10.9. The monoisotopic (exact) mass is 339 g/mol. The number of pyridine rings is 1. The van der Waals surface area contributed by atoms with E-state index in [-0.39, 0.29) is 22.5 Å². The van der Waals surface area contributed by atoms with E-state index in [0.717, 1.165) is 11.3 Å². The van der Waals surface area contributed by atoms with Gasteiger partial charge in [0, 0.05) is 23.7 Å². The second kappa shape index (κ2) is 5.97. The molecule has 0 spiro atoms. The number of imidazole rings is 1. The van der Waals surface area contributed by atoms with E-state index >= 15 is 0 Å². The van der Waals surface area contributed by atoms with Crippen LogP contribution >= 0.6 is 0 Å². The Bertz CT molecular complexity index is 986. The maximum absolute atomic E-state index is 10.9. The number of phenolic OH excluding ortho intramolecular Hbond substituents is 1. The summed E-state index contributed by atoms with van der Waals surface area (Å²) >= 11 is 0. The van der Waals surface area contributed by atoms with Gasteiger partial charge in [0.2, 0.25) is 0 Å². The van der Waals surface area contributed by atoms with Gasteiger partial charge < -0.3 is 5.11 Å². The third-order valence-corrected chi connectivity index (χ3v) is 3.64. The van der Waals surface area contributed by atoms with Gasteiger partial charge in [0.05, 0.1) is 10.6 Å². The molecule has 1 aromatic carbocycles. The number of fused-ring (bicyclic) bond motifs is 1. The van der Waals surface area contributed by atoms with Gasteiger partial charge in [-0.05, 0) is 18.2 Å². The molecule has 0 atom stereocenters. The summed E-state index contributed by atoms with van der Waals surface area (Å²) in [7, 11) is 0. The lowest BCUT2D eigenvalue weighted by Crippen LogP contribution is -2.11. The van der Waals surface area contributed by atoms with E-state index in [1.165, 1.54) is 18.2 Å². The van der Waals surface area contributed by atoms with Crippen molar-refractivity contribution in [2.24, 2.45) is 10.2 Å². The van der Waals surface area contributed by atoms with Crippen LogP contribution in [0, 0.1) is 10.1 Å². The zero-order valence-corrected chi connectivity index (χ0v) is 14.0. The highest BCUT2D eigenvalue weighted by Crippen LogP contribution is 2.35. The predicted octanol–water partition coefficient (Wildman–Crippen LogP) is 4.66. The highest BCUT2D eigenvalue weighted by molar-refractivity contribution is 5.58. The van der Waals surface area contributed by atoms with E-state index in [1.807, 2.05) is 45.2 Å². The molecule has 0 bridgehead atoms. The molecule has 1 N–H and O–H groups in total. The Balaban J connectivity index is 2.13. The smallest absolute Gasteiger partial charge is 0.271 e. The third-order valence-electron chi connectivity index (χ3n) is 3.64. The number of azo groups is 1. The van der Waals surface area contributed by atoms with Crippen molar-refractivity contribution in [2.45, 2.75) is 26.2 Å². The van der Waals surface area contributed by atoms with Gasteiger partial charge in [-0.15, -0.1) is 10.2 Å². The minimum absolute atomic E-state index is 0.0277. The molecule has 0 radical (unpaired) electrons. The van der Waals surface area contributed by atoms with E-state index in [9.17, 15) is 15.2 Å². The first-order valence-corrected chi connectivity index (χ1v) is 7.64. The zero-order valence-electron chi connectivity index (χ0n) is 14.0. The number of phenols is 1. The molecule has 0 saturated carbocycles. The van der Waals surface area contributed by atoms with Crippen LogP contribution in [0.3, 0.4) is 0 Å². The van der Waals surface area contributed by atoms with E-state index in [1.54, 1.807) is 4.40 Å². The van der Waals surface area contributed by atoms with Gasteiger partial charge in [-0.25, -0.2) is 4.98 Å². The Morgan fingerprint density at radius 3 is 2.64 bits per heavy atom. The van der Waals surface area contributed by atoms with Crippen molar-refractivity contribution in [3.8, 4) is 5.75 Å². The highest BCUT2D eigenvalue weighted by atomic mass is 16.6. The zero-order chi connectivity index (χ0) is 18.2. The molecule has 0 amide bonds. The van der Waals surface area contributed by atoms with Crippen molar-refractivity contribution in [1.82, 2.24) is 9.38 Å². The van der Waals surface area contributed by atoms with Crippen LogP contribution in [-0.4, -0.2) is 19.4 Å². The summed E-state index contributed by atoms with van der Waals surface area (Å²) in [6.45, 7) is 6.04. The van der Waals surface area contributed by atoms with Crippen molar-refractivity contribution in [3.63, 3.8) is 0 Å². The fourth-order valence-corrected chi connectivity index (χ4v) is 2.39. The van der Waals surface area contributed by atoms with Crippen molar-refractivity contribution in [3.05, 3.63) is 58.4 Å². The van der Waals surface area contributed by atoms with Gasteiger partial charge in [0.15, 0.2) is 5.82 Å². The number of nitro groups is 1. The number of benzene rings is 1. The predicted molar refractivity (Wildman–Crippen MR) is 92.8 cm³/mol. The molecule has 8 heteroatoms. The van der Waals surface area contributed by atoms with Crippen LogP contribution in [0.4, 0.5) is 17.2 Å². The van der Waals surface area contributed by atoms with Crippen LogP contribution in [0.5, 0.6) is 5.75 Å². The van der Waals surface area contributed by atoms with Crippen LogP contribution in [-0.2, 0) is 5.41 Å². The fraction of sp³-hybridized carbons (Fsp3) is 0.235. The quantitative estimate of drug-likeness (QED) is 0.425. The molecular formula is C17H17N5O3. The van der Waals surface area contributed by atoms with Crippen LogP contribution in [0.2, 0.25) is 0 Å². The van der Waals surface area contributed by atoms with Crippen molar-refractivity contribution >= 4 is 22.8 Å². The normalized spacial score (nSPS) is 12.1. The Morgan fingerprint density at radius 2 is 1.96 bits per heavy atom. The minimum Gasteiger partial charge on any atom is -0.506 e. The number of hydrogen-bond donors (Lipinski definition) is 1. The van der Waals surface area contributed by atoms with Gasteiger partial charge in [-0.3, -0.25) is 14.5 Å². The molecule has 2 heterocycles. The number of nitrogens with zero attached hydrogens (tertiary/aromatic N) is 5. The molecule has 0 aliphatic carbocycles. The van der Waals surface area contributed by atoms with Gasteiger partial charge in [-0.2, -0.15) is 0 Å². The lowest BCUT2D eigenvalue weighted by Gasteiger charge is -2.15. The Kier molecular flexibility index (Phi) is 3.96. The maximum Gasteiger partial charge on any atom is 0.271 e. The Labute approximate surface area is 143 Å². The SMILES string of the molecule is CC(C)(C)c1nc2ccccn2c1N=Nc1cc([N+](=O)[O-])ccc1O. The molecule has 2 aromatic heterocycles. The largest absolute Gasteiger partial charge is 0.506 e. The molecule has 0 aliphatic rings. The van der Waals surface area contributed by atoms with Gasteiger partial charge in [-0.1, -0.05) is 26.8 Å². The summed E-state index contributed by atoms with van der Waals surface area (Å²) in [5, 5.41) is 29.0. The molecule has 0 unspecified atom stereocenters. The highest BCUT2D eigenvalue weighted by Gasteiger charge is 2.24. The Hall–Kier alpha value is -3.29. The van der Waals surface area contributed by atoms with Crippen molar-refractivity contribution in [1.29, 1.82) is 0 Å². The lowest BCUT2D eigenvalue weighted by atomic mass is 9.92. The number of aromatic nitrogens is 2. The molecule has 25 heavy (non-hydrogen) atoms. The van der Waals surface area contributed by atoms with Crippen LogP contribution < -0.4 is 0 Å². The first-order chi connectivity index (χ1) is 11.8. The van der Waals surface area contributed by atoms with Crippen molar-refractivity contribution in [2.75, 3.05) is 0 Å². The topological polar surface area (TPSA) is 105 Å². The summed E-state index contributed by atoms with van der Waals surface area (Å²) in [5.74, 6) is 0.342. The second-order valence-corrected chi connectivity index (χ2v) is 6.59. The molecule has 3 aromatic rings.